The Morgan fingerprint density at radius 2 is 1.89 bits per heavy atom. The van der Waals surface area contributed by atoms with Gasteiger partial charge in [0.1, 0.15) is 0 Å². The summed E-state index contributed by atoms with van der Waals surface area (Å²) >= 11 is 0. The molecule has 1 aromatic rings. The molecule has 1 aliphatic carbocycles. The van der Waals surface area contributed by atoms with Crippen LogP contribution in [0.2, 0.25) is 0 Å². The minimum Gasteiger partial charge on any atom is -0.387 e. The zero-order chi connectivity index (χ0) is 13.7. The molecule has 4 N–H and O–H groups in total. The van der Waals surface area contributed by atoms with Gasteiger partial charge in [-0.1, -0.05) is 30.3 Å². The van der Waals surface area contributed by atoms with Crippen molar-refractivity contribution in [3.8, 4) is 0 Å². The van der Waals surface area contributed by atoms with Gasteiger partial charge < -0.3 is 16.2 Å². The van der Waals surface area contributed by atoms with Crippen molar-refractivity contribution in [2.75, 3.05) is 6.54 Å². The summed E-state index contributed by atoms with van der Waals surface area (Å²) in [6.45, 7) is 0.552. The zero-order valence-electron chi connectivity index (χ0n) is 11.1. The van der Waals surface area contributed by atoms with Gasteiger partial charge in [-0.3, -0.25) is 4.79 Å². The first-order valence-electron chi connectivity index (χ1n) is 6.92. The van der Waals surface area contributed by atoms with Gasteiger partial charge in [-0.15, -0.1) is 0 Å². The molecule has 1 atom stereocenters. The predicted molar refractivity (Wildman–Crippen MR) is 74.3 cm³/mol. The fraction of sp³-hybridized carbons (Fsp3) is 0.533. The van der Waals surface area contributed by atoms with Crippen LogP contribution in [-0.4, -0.2) is 23.6 Å². The average molecular weight is 262 g/mol. The quantitative estimate of drug-likeness (QED) is 0.750. The van der Waals surface area contributed by atoms with E-state index in [0.29, 0.717) is 12.6 Å². The normalized spacial score (nSPS) is 24.9. The van der Waals surface area contributed by atoms with E-state index in [-0.39, 0.29) is 11.8 Å². The van der Waals surface area contributed by atoms with Gasteiger partial charge in [0.2, 0.25) is 5.91 Å². The number of rotatable bonds is 5. The number of carbonyl (C=O) groups excluding carboxylic acids is 1. The SMILES string of the molecule is NC(=O)C1CCC(NCC(O)c2ccccc2)CC1. The number of hydrogen-bond donors (Lipinski definition) is 3. The molecular formula is C15H22N2O2. The third kappa shape index (κ3) is 4.04. The Bertz CT molecular complexity index is 400. The topological polar surface area (TPSA) is 75.4 Å². The van der Waals surface area contributed by atoms with Gasteiger partial charge >= 0.3 is 0 Å². The van der Waals surface area contributed by atoms with Crippen LogP contribution in [0.25, 0.3) is 0 Å². The van der Waals surface area contributed by atoms with E-state index in [4.69, 9.17) is 5.73 Å². The van der Waals surface area contributed by atoms with Crippen LogP contribution < -0.4 is 11.1 Å². The Labute approximate surface area is 114 Å². The van der Waals surface area contributed by atoms with Crippen LogP contribution >= 0.6 is 0 Å². The highest BCUT2D eigenvalue weighted by Crippen LogP contribution is 2.24. The van der Waals surface area contributed by atoms with Crippen molar-refractivity contribution in [2.45, 2.75) is 37.8 Å². The number of benzene rings is 1. The van der Waals surface area contributed by atoms with Crippen molar-refractivity contribution < 1.29 is 9.90 Å². The van der Waals surface area contributed by atoms with Crippen LogP contribution in [0.4, 0.5) is 0 Å². The Hall–Kier alpha value is -1.39. The molecule has 0 bridgehead atoms. The van der Waals surface area contributed by atoms with Gasteiger partial charge in [0.25, 0.3) is 0 Å². The van der Waals surface area contributed by atoms with E-state index < -0.39 is 6.10 Å². The standard InChI is InChI=1S/C15H22N2O2/c16-15(19)12-6-8-13(9-7-12)17-10-14(18)11-4-2-1-3-5-11/h1-5,12-14,17-18H,6-10H2,(H2,16,19). The molecule has 1 unspecified atom stereocenters. The number of amides is 1. The van der Waals surface area contributed by atoms with Gasteiger partial charge in [0.05, 0.1) is 6.10 Å². The monoisotopic (exact) mass is 262 g/mol. The van der Waals surface area contributed by atoms with E-state index >= 15 is 0 Å². The van der Waals surface area contributed by atoms with Crippen molar-refractivity contribution in [1.82, 2.24) is 5.32 Å². The summed E-state index contributed by atoms with van der Waals surface area (Å²) in [4.78, 5) is 11.1. The van der Waals surface area contributed by atoms with Crippen molar-refractivity contribution in [3.63, 3.8) is 0 Å². The van der Waals surface area contributed by atoms with Gasteiger partial charge in [-0.2, -0.15) is 0 Å². The summed E-state index contributed by atoms with van der Waals surface area (Å²) in [5.74, 6) is -0.139. The van der Waals surface area contributed by atoms with Gasteiger partial charge in [-0.05, 0) is 31.2 Å². The lowest BCUT2D eigenvalue weighted by Crippen LogP contribution is -2.38. The fourth-order valence-electron chi connectivity index (χ4n) is 2.65. The number of nitrogens with one attached hydrogen (secondary N) is 1. The van der Waals surface area contributed by atoms with E-state index in [1.807, 2.05) is 30.3 Å². The number of nitrogens with two attached hydrogens (primary N) is 1. The minimum absolute atomic E-state index is 0.0390. The number of carbonyl (C=O) groups is 1. The average Bonchev–Trinajstić information content (AvgIpc) is 2.46. The maximum atomic E-state index is 11.1. The maximum Gasteiger partial charge on any atom is 0.220 e. The summed E-state index contributed by atoms with van der Waals surface area (Å²) < 4.78 is 0. The smallest absolute Gasteiger partial charge is 0.220 e. The Morgan fingerprint density at radius 3 is 2.47 bits per heavy atom. The largest absolute Gasteiger partial charge is 0.387 e. The molecule has 4 nitrogen and oxygen atoms in total. The molecule has 1 amide bonds. The van der Waals surface area contributed by atoms with Crippen LogP contribution in [0.15, 0.2) is 30.3 Å². The second-order valence-corrected chi connectivity index (χ2v) is 5.29. The molecule has 0 radical (unpaired) electrons. The van der Waals surface area contributed by atoms with Gasteiger partial charge in [-0.25, -0.2) is 0 Å². The molecule has 1 aromatic carbocycles. The third-order valence-electron chi connectivity index (χ3n) is 3.91. The van der Waals surface area contributed by atoms with Crippen molar-refractivity contribution >= 4 is 5.91 Å². The van der Waals surface area contributed by atoms with Gasteiger partial charge in [0.15, 0.2) is 0 Å². The zero-order valence-corrected chi connectivity index (χ0v) is 11.1. The summed E-state index contributed by atoms with van der Waals surface area (Å²) in [7, 11) is 0. The summed E-state index contributed by atoms with van der Waals surface area (Å²) in [6.07, 6.45) is 3.14. The molecule has 0 saturated heterocycles. The second-order valence-electron chi connectivity index (χ2n) is 5.29. The van der Waals surface area contributed by atoms with Crippen molar-refractivity contribution in [1.29, 1.82) is 0 Å². The molecule has 1 fully saturated rings. The minimum atomic E-state index is -0.477. The summed E-state index contributed by atoms with van der Waals surface area (Å²) in [5.41, 5.74) is 6.24. The summed E-state index contributed by atoms with van der Waals surface area (Å²) in [6, 6.07) is 10.0. The first-order valence-corrected chi connectivity index (χ1v) is 6.92. The van der Waals surface area contributed by atoms with Crippen molar-refractivity contribution in [2.24, 2.45) is 11.7 Å². The lowest BCUT2D eigenvalue weighted by Gasteiger charge is -2.28. The lowest BCUT2D eigenvalue weighted by molar-refractivity contribution is -0.122. The van der Waals surface area contributed by atoms with E-state index in [1.165, 1.54) is 0 Å². The number of aliphatic hydroxyl groups is 1. The molecule has 1 saturated carbocycles. The number of primary amides is 1. The molecule has 104 valence electrons. The molecule has 2 rings (SSSR count). The second kappa shape index (κ2) is 6.68. The molecule has 4 heteroatoms. The van der Waals surface area contributed by atoms with Crippen LogP contribution in [0.3, 0.4) is 0 Å². The van der Waals surface area contributed by atoms with Crippen LogP contribution in [0.1, 0.15) is 37.4 Å². The molecule has 0 aromatic heterocycles. The van der Waals surface area contributed by atoms with E-state index in [0.717, 1.165) is 31.2 Å². The maximum absolute atomic E-state index is 11.1. The van der Waals surface area contributed by atoms with Crippen LogP contribution in [0, 0.1) is 5.92 Å². The molecular weight excluding hydrogens is 240 g/mol. The Morgan fingerprint density at radius 1 is 1.26 bits per heavy atom. The highest BCUT2D eigenvalue weighted by Gasteiger charge is 2.24. The molecule has 0 aliphatic heterocycles. The Kier molecular flexibility index (Phi) is 4.93. The lowest BCUT2D eigenvalue weighted by atomic mass is 9.85. The van der Waals surface area contributed by atoms with E-state index in [2.05, 4.69) is 5.32 Å². The first-order chi connectivity index (χ1) is 9.16. The van der Waals surface area contributed by atoms with Gasteiger partial charge in [0, 0.05) is 18.5 Å². The third-order valence-corrected chi connectivity index (χ3v) is 3.91. The predicted octanol–water partition coefficient (Wildman–Crippen LogP) is 1.35. The van der Waals surface area contributed by atoms with E-state index in [1.54, 1.807) is 0 Å². The molecule has 0 spiro atoms. The number of aliphatic hydroxyl groups excluding tert-OH is 1. The first kappa shape index (κ1) is 14.0. The van der Waals surface area contributed by atoms with Crippen LogP contribution in [-0.2, 0) is 4.79 Å². The highest BCUT2D eigenvalue weighted by molar-refractivity contribution is 5.76. The highest BCUT2D eigenvalue weighted by atomic mass is 16.3. The molecule has 19 heavy (non-hydrogen) atoms. The number of hydrogen-bond acceptors (Lipinski definition) is 3. The van der Waals surface area contributed by atoms with Crippen molar-refractivity contribution in [3.05, 3.63) is 35.9 Å². The fourth-order valence-corrected chi connectivity index (χ4v) is 2.65. The molecule has 0 heterocycles. The molecule has 1 aliphatic rings. The van der Waals surface area contributed by atoms with Crippen LogP contribution in [0.5, 0.6) is 0 Å². The summed E-state index contributed by atoms with van der Waals surface area (Å²) in [5, 5.41) is 13.4. The Balaban J connectivity index is 1.73. The van der Waals surface area contributed by atoms with E-state index in [9.17, 15) is 9.90 Å².